The Morgan fingerprint density at radius 2 is 2.32 bits per heavy atom. The molecule has 5 heteroatoms. The molecule has 2 aromatic rings. The van der Waals surface area contributed by atoms with Crippen LogP contribution >= 0.6 is 11.6 Å². The predicted octanol–water partition coefficient (Wildman–Crippen LogP) is 2.52. The second-order valence-electron chi connectivity index (χ2n) is 4.38. The van der Waals surface area contributed by atoms with E-state index in [0.717, 1.165) is 22.9 Å². The van der Waals surface area contributed by atoms with Crippen molar-refractivity contribution >= 4 is 28.4 Å². The van der Waals surface area contributed by atoms with E-state index in [4.69, 9.17) is 16.3 Å². The fourth-order valence-electron chi connectivity index (χ4n) is 1.98. The summed E-state index contributed by atoms with van der Waals surface area (Å²) in [5.74, 6) is 0.0111. The van der Waals surface area contributed by atoms with Crippen molar-refractivity contribution < 1.29 is 9.53 Å². The Labute approximate surface area is 117 Å². The topological polar surface area (TPSA) is 54.1 Å². The number of carbonyl (C=O) groups excluding carboxylic acids is 1. The van der Waals surface area contributed by atoms with Crippen LogP contribution in [0.3, 0.4) is 0 Å². The average Bonchev–Trinajstić information content (AvgIpc) is 2.77. The largest absolute Gasteiger partial charge is 0.385 e. The fourth-order valence-corrected chi connectivity index (χ4v) is 2.15. The molecule has 0 saturated heterocycles. The van der Waals surface area contributed by atoms with E-state index in [1.54, 1.807) is 7.11 Å². The molecule has 0 bridgehead atoms. The van der Waals surface area contributed by atoms with Crippen LogP contribution in [0.15, 0.2) is 24.4 Å². The molecule has 1 heterocycles. The Morgan fingerprint density at radius 3 is 3.11 bits per heavy atom. The zero-order valence-corrected chi connectivity index (χ0v) is 11.6. The Bertz CT molecular complexity index is 566. The van der Waals surface area contributed by atoms with Gasteiger partial charge < -0.3 is 15.0 Å². The summed E-state index contributed by atoms with van der Waals surface area (Å²) in [6.45, 7) is 1.29. The number of halogens is 1. The summed E-state index contributed by atoms with van der Waals surface area (Å²) in [4.78, 5) is 14.9. The molecule has 0 atom stereocenters. The van der Waals surface area contributed by atoms with Crippen LogP contribution in [0.5, 0.6) is 0 Å². The molecule has 1 amide bonds. The van der Waals surface area contributed by atoms with Gasteiger partial charge in [-0.05, 0) is 30.2 Å². The number of hydrogen-bond donors (Lipinski definition) is 2. The summed E-state index contributed by atoms with van der Waals surface area (Å²) in [6.07, 6.45) is 3.03. The molecule has 0 aliphatic heterocycles. The number of rotatable bonds is 6. The summed E-state index contributed by atoms with van der Waals surface area (Å²) < 4.78 is 4.93. The lowest BCUT2D eigenvalue weighted by atomic mass is 10.1. The van der Waals surface area contributed by atoms with E-state index >= 15 is 0 Å². The lowest BCUT2D eigenvalue weighted by Gasteiger charge is -2.04. The summed E-state index contributed by atoms with van der Waals surface area (Å²) in [5, 5.41) is 4.54. The highest BCUT2D eigenvalue weighted by Gasteiger charge is 2.08. The van der Waals surface area contributed by atoms with Crippen LogP contribution in [0.4, 0.5) is 0 Å². The molecule has 19 heavy (non-hydrogen) atoms. The number of carbonyl (C=O) groups is 1. The van der Waals surface area contributed by atoms with Gasteiger partial charge in [-0.3, -0.25) is 4.79 Å². The molecule has 4 nitrogen and oxygen atoms in total. The molecule has 0 unspecified atom stereocenters. The molecular weight excluding hydrogens is 264 g/mol. The second-order valence-corrected chi connectivity index (χ2v) is 4.81. The zero-order chi connectivity index (χ0) is 13.7. The molecule has 2 N–H and O–H groups in total. The lowest BCUT2D eigenvalue weighted by Crippen LogP contribution is -2.26. The lowest BCUT2D eigenvalue weighted by molar-refractivity contribution is -0.120. The molecule has 102 valence electrons. The van der Waals surface area contributed by atoms with Gasteiger partial charge in [-0.15, -0.1) is 0 Å². The number of H-pyrrole nitrogens is 1. The van der Waals surface area contributed by atoms with Gasteiger partial charge in [0.2, 0.25) is 5.91 Å². The SMILES string of the molecule is COCCCNC(=O)Cc1c[nH]c2ccc(Cl)cc12. The minimum absolute atomic E-state index is 0.0111. The quantitative estimate of drug-likeness (QED) is 0.799. The molecule has 1 aromatic carbocycles. The van der Waals surface area contributed by atoms with Gasteiger partial charge in [-0.1, -0.05) is 11.6 Å². The van der Waals surface area contributed by atoms with E-state index in [0.29, 0.717) is 24.6 Å². The van der Waals surface area contributed by atoms with Crippen molar-refractivity contribution in [3.05, 3.63) is 35.0 Å². The van der Waals surface area contributed by atoms with Crippen molar-refractivity contribution in [2.24, 2.45) is 0 Å². The first-order valence-corrected chi connectivity index (χ1v) is 6.59. The van der Waals surface area contributed by atoms with Crippen LogP contribution in [0, 0.1) is 0 Å². The van der Waals surface area contributed by atoms with E-state index in [-0.39, 0.29) is 5.91 Å². The third-order valence-electron chi connectivity index (χ3n) is 2.93. The first kappa shape index (κ1) is 13.9. The normalized spacial score (nSPS) is 10.8. The molecule has 1 aromatic heterocycles. The van der Waals surface area contributed by atoms with Crippen LogP contribution in [0.2, 0.25) is 5.02 Å². The summed E-state index contributed by atoms with van der Waals surface area (Å²) >= 11 is 5.97. The standard InChI is InChI=1S/C14H17ClN2O2/c1-19-6-2-5-16-14(18)7-10-9-17-13-4-3-11(15)8-12(10)13/h3-4,8-9,17H,2,5-7H2,1H3,(H,16,18). The number of aromatic amines is 1. The third kappa shape index (κ3) is 3.72. The Balaban J connectivity index is 1.97. The van der Waals surface area contributed by atoms with Crippen molar-refractivity contribution in [1.82, 2.24) is 10.3 Å². The van der Waals surface area contributed by atoms with E-state index in [1.165, 1.54) is 0 Å². The maximum absolute atomic E-state index is 11.8. The maximum atomic E-state index is 11.8. The number of benzene rings is 1. The van der Waals surface area contributed by atoms with E-state index < -0.39 is 0 Å². The molecule has 0 fully saturated rings. The molecule has 0 saturated carbocycles. The van der Waals surface area contributed by atoms with Crippen LogP contribution < -0.4 is 5.32 Å². The van der Waals surface area contributed by atoms with Gasteiger partial charge >= 0.3 is 0 Å². The van der Waals surface area contributed by atoms with Crippen molar-refractivity contribution in [1.29, 1.82) is 0 Å². The number of ether oxygens (including phenoxy) is 1. The first-order valence-electron chi connectivity index (χ1n) is 6.22. The minimum atomic E-state index is 0.0111. The number of methoxy groups -OCH3 is 1. The Morgan fingerprint density at radius 1 is 1.47 bits per heavy atom. The monoisotopic (exact) mass is 280 g/mol. The maximum Gasteiger partial charge on any atom is 0.224 e. The predicted molar refractivity (Wildman–Crippen MR) is 76.5 cm³/mol. The van der Waals surface area contributed by atoms with Crippen molar-refractivity contribution in [3.63, 3.8) is 0 Å². The van der Waals surface area contributed by atoms with E-state index in [2.05, 4.69) is 10.3 Å². The molecule has 0 spiro atoms. The van der Waals surface area contributed by atoms with E-state index in [1.807, 2.05) is 24.4 Å². The smallest absolute Gasteiger partial charge is 0.224 e. The van der Waals surface area contributed by atoms with Gasteiger partial charge in [0.25, 0.3) is 0 Å². The molecule has 0 aliphatic carbocycles. The Kier molecular flexibility index (Phi) is 4.82. The molecular formula is C14H17ClN2O2. The zero-order valence-electron chi connectivity index (χ0n) is 10.8. The van der Waals surface area contributed by atoms with Crippen LogP contribution in [0.25, 0.3) is 10.9 Å². The minimum Gasteiger partial charge on any atom is -0.385 e. The summed E-state index contributed by atoms with van der Waals surface area (Å²) in [6, 6.07) is 5.62. The van der Waals surface area contributed by atoms with Crippen LogP contribution in [-0.4, -0.2) is 31.2 Å². The molecule has 0 radical (unpaired) electrons. The first-order chi connectivity index (χ1) is 9.20. The van der Waals surface area contributed by atoms with Gasteiger partial charge in [-0.2, -0.15) is 0 Å². The van der Waals surface area contributed by atoms with Gasteiger partial charge in [0.1, 0.15) is 0 Å². The number of aromatic nitrogens is 1. The van der Waals surface area contributed by atoms with Crippen molar-refractivity contribution in [2.45, 2.75) is 12.8 Å². The number of hydrogen-bond acceptors (Lipinski definition) is 2. The highest BCUT2D eigenvalue weighted by Crippen LogP contribution is 2.22. The second kappa shape index (κ2) is 6.59. The summed E-state index contributed by atoms with van der Waals surface area (Å²) in [7, 11) is 1.65. The van der Waals surface area contributed by atoms with Crippen molar-refractivity contribution in [2.75, 3.05) is 20.3 Å². The average molecular weight is 281 g/mol. The van der Waals surface area contributed by atoms with E-state index in [9.17, 15) is 4.79 Å². The highest BCUT2D eigenvalue weighted by molar-refractivity contribution is 6.31. The van der Waals surface area contributed by atoms with Gasteiger partial charge in [0.05, 0.1) is 6.42 Å². The van der Waals surface area contributed by atoms with Gasteiger partial charge in [-0.25, -0.2) is 0 Å². The summed E-state index contributed by atoms with van der Waals surface area (Å²) in [5.41, 5.74) is 1.95. The van der Waals surface area contributed by atoms with Gasteiger partial charge in [0, 0.05) is 42.4 Å². The van der Waals surface area contributed by atoms with Crippen LogP contribution in [0.1, 0.15) is 12.0 Å². The fraction of sp³-hybridized carbons (Fsp3) is 0.357. The highest BCUT2D eigenvalue weighted by atomic mass is 35.5. The number of amides is 1. The Hall–Kier alpha value is -1.52. The van der Waals surface area contributed by atoms with Crippen molar-refractivity contribution in [3.8, 4) is 0 Å². The third-order valence-corrected chi connectivity index (χ3v) is 3.16. The molecule has 0 aliphatic rings. The number of fused-ring (bicyclic) bond motifs is 1. The number of nitrogens with one attached hydrogen (secondary N) is 2. The van der Waals surface area contributed by atoms with Crippen LogP contribution in [-0.2, 0) is 16.0 Å². The molecule has 2 rings (SSSR count). The van der Waals surface area contributed by atoms with Gasteiger partial charge in [0.15, 0.2) is 0 Å².